The molecule has 10 rings (SSSR count). The molecule has 0 fully saturated rings. The fourth-order valence-corrected chi connectivity index (χ4v) is 8.40. The summed E-state index contributed by atoms with van der Waals surface area (Å²) in [7, 11) is 0. The summed E-state index contributed by atoms with van der Waals surface area (Å²) >= 11 is 0. The second-order valence-corrected chi connectivity index (χ2v) is 14.5. The Hall–Kier alpha value is -7.48. The lowest BCUT2D eigenvalue weighted by molar-refractivity contribution is 1.30. The number of rotatable bonds is 8. The molecule has 0 aliphatic rings. The van der Waals surface area contributed by atoms with Crippen LogP contribution in [0.1, 0.15) is 0 Å². The zero-order chi connectivity index (χ0) is 38.0. The molecule has 0 heterocycles. The quantitative estimate of drug-likeness (QED) is 0.151. The van der Waals surface area contributed by atoms with Gasteiger partial charge in [0.15, 0.2) is 0 Å². The van der Waals surface area contributed by atoms with E-state index in [4.69, 9.17) is 0 Å². The van der Waals surface area contributed by atoms with E-state index in [-0.39, 0.29) is 0 Å². The van der Waals surface area contributed by atoms with Gasteiger partial charge in [-0.1, -0.05) is 206 Å². The van der Waals surface area contributed by atoms with Crippen molar-refractivity contribution in [2.45, 2.75) is 0 Å². The van der Waals surface area contributed by atoms with Crippen molar-refractivity contribution in [3.63, 3.8) is 0 Å². The van der Waals surface area contributed by atoms with Crippen molar-refractivity contribution in [2.75, 3.05) is 4.90 Å². The third-order valence-electron chi connectivity index (χ3n) is 11.1. The number of anilines is 3. The summed E-state index contributed by atoms with van der Waals surface area (Å²) in [5.74, 6) is 0. The Morgan fingerprint density at radius 2 is 0.737 bits per heavy atom. The Morgan fingerprint density at radius 1 is 0.228 bits per heavy atom. The van der Waals surface area contributed by atoms with Crippen LogP contribution < -0.4 is 4.90 Å². The first kappa shape index (κ1) is 34.0. The summed E-state index contributed by atoms with van der Waals surface area (Å²) < 4.78 is 0. The normalized spacial score (nSPS) is 11.2. The Balaban J connectivity index is 1.21. The lowest BCUT2D eigenvalue weighted by Gasteiger charge is -2.30. The molecular weight excluding hydrogens is 687 g/mol. The molecule has 0 atom stereocenters. The van der Waals surface area contributed by atoms with Crippen molar-refractivity contribution < 1.29 is 0 Å². The highest BCUT2D eigenvalue weighted by molar-refractivity contribution is 6.04. The average Bonchev–Trinajstić information content (AvgIpc) is 3.30. The van der Waals surface area contributed by atoms with E-state index in [2.05, 4.69) is 241 Å². The lowest BCUT2D eigenvalue weighted by Crippen LogP contribution is -2.12. The van der Waals surface area contributed by atoms with E-state index in [9.17, 15) is 0 Å². The van der Waals surface area contributed by atoms with Gasteiger partial charge in [-0.15, -0.1) is 0 Å². The summed E-state index contributed by atoms with van der Waals surface area (Å²) in [5, 5.41) is 4.88. The molecule has 0 aromatic heterocycles. The van der Waals surface area contributed by atoms with E-state index >= 15 is 0 Å². The van der Waals surface area contributed by atoms with Crippen LogP contribution in [0.2, 0.25) is 0 Å². The van der Waals surface area contributed by atoms with Gasteiger partial charge in [0.1, 0.15) is 0 Å². The molecule has 0 bridgehead atoms. The number of para-hydroxylation sites is 1. The van der Waals surface area contributed by atoms with Gasteiger partial charge in [-0.25, -0.2) is 0 Å². The SMILES string of the molecule is c1ccc(-c2ccc(-c3ccccc3)c(-c3ccccc3-c3ccccc3N(c3cccc(-c4cccc5ccccc45)c3)c3cccc4ccccc34)c2)cc1. The minimum Gasteiger partial charge on any atom is -0.309 e. The summed E-state index contributed by atoms with van der Waals surface area (Å²) in [6, 6.07) is 85.8. The minimum atomic E-state index is 1.10. The zero-order valence-electron chi connectivity index (χ0n) is 31.5. The van der Waals surface area contributed by atoms with Crippen molar-refractivity contribution in [1.82, 2.24) is 0 Å². The van der Waals surface area contributed by atoms with Crippen molar-refractivity contribution in [3.05, 3.63) is 237 Å². The van der Waals surface area contributed by atoms with Gasteiger partial charge in [-0.05, 0) is 96.6 Å². The van der Waals surface area contributed by atoms with E-state index in [0.29, 0.717) is 0 Å². The van der Waals surface area contributed by atoms with E-state index in [0.717, 1.165) is 22.6 Å². The van der Waals surface area contributed by atoms with Crippen LogP contribution in [0.3, 0.4) is 0 Å². The van der Waals surface area contributed by atoms with Gasteiger partial charge < -0.3 is 4.90 Å². The fraction of sp³-hybridized carbons (Fsp3) is 0. The molecule has 10 aromatic rings. The number of hydrogen-bond donors (Lipinski definition) is 0. The summed E-state index contributed by atoms with van der Waals surface area (Å²) in [5.41, 5.74) is 15.2. The van der Waals surface area contributed by atoms with Crippen molar-refractivity contribution >= 4 is 38.6 Å². The lowest BCUT2D eigenvalue weighted by atomic mass is 9.86. The van der Waals surface area contributed by atoms with Gasteiger partial charge in [0.25, 0.3) is 0 Å². The van der Waals surface area contributed by atoms with Crippen LogP contribution in [-0.2, 0) is 0 Å². The van der Waals surface area contributed by atoms with Gasteiger partial charge in [0.2, 0.25) is 0 Å². The Labute approximate surface area is 334 Å². The number of fused-ring (bicyclic) bond motifs is 2. The first-order chi connectivity index (χ1) is 28.3. The second-order valence-electron chi connectivity index (χ2n) is 14.5. The van der Waals surface area contributed by atoms with Crippen LogP contribution in [-0.4, -0.2) is 0 Å². The van der Waals surface area contributed by atoms with Crippen LogP contribution in [0.4, 0.5) is 17.1 Å². The largest absolute Gasteiger partial charge is 0.309 e. The van der Waals surface area contributed by atoms with E-state index in [1.807, 2.05) is 0 Å². The molecule has 0 spiro atoms. The highest BCUT2D eigenvalue weighted by Gasteiger charge is 2.22. The van der Waals surface area contributed by atoms with Crippen LogP contribution in [0, 0.1) is 0 Å². The zero-order valence-corrected chi connectivity index (χ0v) is 31.5. The minimum absolute atomic E-state index is 1.10. The number of hydrogen-bond acceptors (Lipinski definition) is 1. The highest BCUT2D eigenvalue weighted by atomic mass is 15.1. The highest BCUT2D eigenvalue weighted by Crippen LogP contribution is 2.47. The molecule has 1 nitrogen and oxygen atoms in total. The Bertz CT molecular complexity index is 3010. The smallest absolute Gasteiger partial charge is 0.0540 e. The number of benzene rings is 10. The van der Waals surface area contributed by atoms with E-state index in [1.165, 1.54) is 71.6 Å². The van der Waals surface area contributed by atoms with Crippen LogP contribution in [0.5, 0.6) is 0 Å². The summed E-state index contributed by atoms with van der Waals surface area (Å²) in [6.07, 6.45) is 0. The molecule has 1 heteroatoms. The van der Waals surface area contributed by atoms with Gasteiger partial charge in [-0.2, -0.15) is 0 Å². The third-order valence-corrected chi connectivity index (χ3v) is 11.1. The molecule has 268 valence electrons. The fourth-order valence-electron chi connectivity index (χ4n) is 8.40. The van der Waals surface area contributed by atoms with Crippen molar-refractivity contribution in [2.24, 2.45) is 0 Å². The molecule has 0 unspecified atom stereocenters. The summed E-state index contributed by atoms with van der Waals surface area (Å²) in [6.45, 7) is 0. The standard InChI is InChI=1S/C56H39N/c1-3-18-40(19-4-1)44-36-37-49(41-20-5-2-6-21-41)54(39-44)52-31-12-11-30-51(52)53-32-13-14-34-56(53)57(55-35-17-25-43-23-8-10-29-50(43)55)46-27-15-26-45(38-46)48-33-16-24-42-22-7-9-28-47(42)48/h1-39H. The molecular formula is C56H39N. The molecule has 0 radical (unpaired) electrons. The van der Waals surface area contributed by atoms with Gasteiger partial charge >= 0.3 is 0 Å². The average molecular weight is 726 g/mol. The molecule has 0 aliphatic carbocycles. The van der Waals surface area contributed by atoms with Gasteiger partial charge in [-0.3, -0.25) is 0 Å². The van der Waals surface area contributed by atoms with Gasteiger partial charge in [0.05, 0.1) is 11.4 Å². The molecule has 0 saturated carbocycles. The predicted molar refractivity (Wildman–Crippen MR) is 243 cm³/mol. The number of nitrogens with zero attached hydrogens (tertiary/aromatic N) is 1. The monoisotopic (exact) mass is 725 g/mol. The molecule has 0 N–H and O–H groups in total. The van der Waals surface area contributed by atoms with Crippen molar-refractivity contribution in [3.8, 4) is 55.6 Å². The van der Waals surface area contributed by atoms with E-state index in [1.54, 1.807) is 0 Å². The maximum Gasteiger partial charge on any atom is 0.0540 e. The van der Waals surface area contributed by atoms with E-state index < -0.39 is 0 Å². The van der Waals surface area contributed by atoms with Crippen LogP contribution in [0.15, 0.2) is 237 Å². The first-order valence-corrected chi connectivity index (χ1v) is 19.6. The molecule has 10 aromatic carbocycles. The Kier molecular flexibility index (Phi) is 8.95. The molecule has 0 saturated heterocycles. The topological polar surface area (TPSA) is 3.24 Å². The predicted octanol–water partition coefficient (Wildman–Crippen LogP) is 15.8. The van der Waals surface area contributed by atoms with Gasteiger partial charge in [0, 0.05) is 16.6 Å². The van der Waals surface area contributed by atoms with Crippen molar-refractivity contribution in [1.29, 1.82) is 0 Å². The first-order valence-electron chi connectivity index (χ1n) is 19.6. The maximum absolute atomic E-state index is 2.46. The molecule has 0 amide bonds. The Morgan fingerprint density at radius 3 is 1.51 bits per heavy atom. The maximum atomic E-state index is 2.46. The summed E-state index contributed by atoms with van der Waals surface area (Å²) in [4.78, 5) is 2.46. The molecule has 57 heavy (non-hydrogen) atoms. The third kappa shape index (κ3) is 6.46. The second kappa shape index (κ2) is 15.0. The van der Waals surface area contributed by atoms with Crippen LogP contribution >= 0.6 is 0 Å². The van der Waals surface area contributed by atoms with Crippen LogP contribution in [0.25, 0.3) is 77.2 Å². The molecule has 0 aliphatic heterocycles.